The van der Waals surface area contributed by atoms with Gasteiger partial charge < -0.3 is 5.32 Å². The van der Waals surface area contributed by atoms with Crippen molar-refractivity contribution in [3.8, 4) is 0 Å². The number of benzene rings is 1. The Morgan fingerprint density at radius 1 is 1.26 bits per heavy atom. The second-order valence-corrected chi connectivity index (χ2v) is 5.80. The largest absolute Gasteiger partial charge is 0.353 e. The van der Waals surface area contributed by atoms with Crippen molar-refractivity contribution in [3.63, 3.8) is 0 Å². The molecular formula is C11H14F2N2O3S. The first-order valence-corrected chi connectivity index (χ1v) is 6.95. The van der Waals surface area contributed by atoms with Gasteiger partial charge in [0.2, 0.25) is 15.9 Å². The van der Waals surface area contributed by atoms with Gasteiger partial charge in [-0.15, -0.1) is 0 Å². The predicted molar refractivity (Wildman–Crippen MR) is 64.8 cm³/mol. The molecule has 0 aromatic heterocycles. The smallest absolute Gasteiger partial charge is 0.246 e. The van der Waals surface area contributed by atoms with Gasteiger partial charge in [0, 0.05) is 6.04 Å². The van der Waals surface area contributed by atoms with Gasteiger partial charge in [-0.2, -0.15) is 0 Å². The van der Waals surface area contributed by atoms with Gasteiger partial charge in [0.25, 0.3) is 0 Å². The Hall–Kier alpha value is -1.54. The SMILES string of the molecule is CC(C)NC(=O)CNS(=O)(=O)c1c(F)cccc1F. The average Bonchev–Trinajstić information content (AvgIpc) is 2.25. The van der Waals surface area contributed by atoms with E-state index in [1.165, 1.54) is 0 Å². The van der Waals surface area contributed by atoms with Crippen LogP contribution in [0.5, 0.6) is 0 Å². The van der Waals surface area contributed by atoms with E-state index in [-0.39, 0.29) is 6.04 Å². The van der Waals surface area contributed by atoms with Crippen LogP contribution in [-0.2, 0) is 14.8 Å². The standard InChI is InChI=1S/C11H14F2N2O3S/c1-7(2)15-10(16)6-14-19(17,18)11-8(12)4-3-5-9(11)13/h3-5,7,14H,6H2,1-2H3,(H,15,16). The lowest BCUT2D eigenvalue weighted by Gasteiger charge is -2.10. The number of hydrogen-bond acceptors (Lipinski definition) is 3. The summed E-state index contributed by atoms with van der Waals surface area (Å²) in [5, 5.41) is 2.44. The van der Waals surface area contributed by atoms with Crippen LogP contribution < -0.4 is 10.0 Å². The topological polar surface area (TPSA) is 75.3 Å². The van der Waals surface area contributed by atoms with Crippen molar-refractivity contribution >= 4 is 15.9 Å². The first-order valence-electron chi connectivity index (χ1n) is 5.47. The summed E-state index contributed by atoms with van der Waals surface area (Å²) in [5.41, 5.74) is 0. The summed E-state index contributed by atoms with van der Waals surface area (Å²) in [6.07, 6.45) is 0. The maximum Gasteiger partial charge on any atom is 0.246 e. The van der Waals surface area contributed by atoms with E-state index in [0.717, 1.165) is 18.2 Å². The number of rotatable bonds is 5. The van der Waals surface area contributed by atoms with Crippen LogP contribution in [0.15, 0.2) is 23.1 Å². The molecule has 0 saturated carbocycles. The van der Waals surface area contributed by atoms with Crippen molar-refractivity contribution in [2.45, 2.75) is 24.8 Å². The maximum atomic E-state index is 13.3. The van der Waals surface area contributed by atoms with E-state index in [2.05, 4.69) is 5.32 Å². The van der Waals surface area contributed by atoms with Crippen LogP contribution >= 0.6 is 0 Å². The summed E-state index contributed by atoms with van der Waals surface area (Å²) in [5.74, 6) is -3.01. The van der Waals surface area contributed by atoms with Gasteiger partial charge in [-0.25, -0.2) is 21.9 Å². The zero-order chi connectivity index (χ0) is 14.6. The molecule has 1 aromatic carbocycles. The highest BCUT2D eigenvalue weighted by molar-refractivity contribution is 7.89. The van der Waals surface area contributed by atoms with Crippen molar-refractivity contribution in [3.05, 3.63) is 29.8 Å². The molecule has 19 heavy (non-hydrogen) atoms. The summed E-state index contributed by atoms with van der Waals surface area (Å²) >= 11 is 0. The lowest BCUT2D eigenvalue weighted by molar-refractivity contribution is -0.120. The molecule has 1 amide bonds. The Labute approximate surface area is 110 Å². The fraction of sp³-hybridized carbons (Fsp3) is 0.364. The summed E-state index contributed by atoms with van der Waals surface area (Å²) in [7, 11) is -4.41. The van der Waals surface area contributed by atoms with Crippen molar-refractivity contribution in [2.24, 2.45) is 0 Å². The molecule has 8 heteroatoms. The molecule has 0 aliphatic rings. The Morgan fingerprint density at radius 3 is 2.26 bits per heavy atom. The summed E-state index contributed by atoms with van der Waals surface area (Å²) in [4.78, 5) is 10.2. The number of nitrogens with one attached hydrogen (secondary N) is 2. The predicted octanol–water partition coefficient (Wildman–Crippen LogP) is 0.768. The Bertz CT molecular complexity index is 553. The zero-order valence-electron chi connectivity index (χ0n) is 10.4. The van der Waals surface area contributed by atoms with Gasteiger partial charge in [-0.3, -0.25) is 4.79 Å². The first kappa shape index (κ1) is 15.5. The van der Waals surface area contributed by atoms with Crippen molar-refractivity contribution in [1.82, 2.24) is 10.0 Å². The third-order valence-electron chi connectivity index (χ3n) is 2.06. The quantitative estimate of drug-likeness (QED) is 0.841. The minimum absolute atomic E-state index is 0.165. The number of carbonyl (C=O) groups is 1. The van der Waals surface area contributed by atoms with E-state index in [4.69, 9.17) is 0 Å². The molecule has 0 aliphatic heterocycles. The minimum Gasteiger partial charge on any atom is -0.353 e. The lowest BCUT2D eigenvalue weighted by atomic mass is 10.3. The number of amides is 1. The van der Waals surface area contributed by atoms with Crippen LogP contribution in [0.1, 0.15) is 13.8 Å². The molecule has 0 unspecified atom stereocenters. The van der Waals surface area contributed by atoms with Gasteiger partial charge in [-0.1, -0.05) is 6.07 Å². The van der Waals surface area contributed by atoms with Crippen LogP contribution in [0.2, 0.25) is 0 Å². The molecule has 0 aliphatic carbocycles. The minimum atomic E-state index is -4.41. The molecule has 0 radical (unpaired) electrons. The molecule has 0 bridgehead atoms. The van der Waals surface area contributed by atoms with Gasteiger partial charge in [0.05, 0.1) is 6.54 Å². The molecule has 5 nitrogen and oxygen atoms in total. The van der Waals surface area contributed by atoms with Gasteiger partial charge >= 0.3 is 0 Å². The second-order valence-electron chi connectivity index (χ2n) is 4.10. The van der Waals surface area contributed by atoms with Gasteiger partial charge in [0.15, 0.2) is 4.90 Å². The van der Waals surface area contributed by atoms with Crippen molar-refractivity contribution in [1.29, 1.82) is 0 Å². The molecule has 1 aromatic rings. The highest BCUT2D eigenvalue weighted by Crippen LogP contribution is 2.17. The van der Waals surface area contributed by atoms with E-state index in [9.17, 15) is 22.0 Å². The monoisotopic (exact) mass is 292 g/mol. The molecule has 0 heterocycles. The van der Waals surface area contributed by atoms with Gasteiger partial charge in [0.1, 0.15) is 11.6 Å². The summed E-state index contributed by atoms with van der Waals surface area (Å²) in [6, 6.07) is 2.54. The Kier molecular flexibility index (Phi) is 4.96. The van der Waals surface area contributed by atoms with E-state index < -0.39 is 39.0 Å². The van der Waals surface area contributed by atoms with E-state index in [1.54, 1.807) is 13.8 Å². The van der Waals surface area contributed by atoms with Crippen LogP contribution in [0.4, 0.5) is 8.78 Å². The summed E-state index contributed by atoms with van der Waals surface area (Å²) < 4.78 is 51.9. The van der Waals surface area contributed by atoms with Crippen LogP contribution in [0, 0.1) is 11.6 Å². The normalized spacial score (nSPS) is 11.6. The molecule has 1 rings (SSSR count). The van der Waals surface area contributed by atoms with Crippen molar-refractivity contribution < 1.29 is 22.0 Å². The number of sulfonamides is 1. The van der Waals surface area contributed by atoms with E-state index >= 15 is 0 Å². The molecule has 2 N–H and O–H groups in total. The first-order chi connectivity index (χ1) is 8.74. The lowest BCUT2D eigenvalue weighted by Crippen LogP contribution is -2.40. The highest BCUT2D eigenvalue weighted by atomic mass is 32.2. The fourth-order valence-electron chi connectivity index (χ4n) is 1.34. The van der Waals surface area contributed by atoms with E-state index in [1.807, 2.05) is 4.72 Å². The van der Waals surface area contributed by atoms with Crippen LogP contribution in [-0.4, -0.2) is 26.9 Å². The third kappa shape index (κ3) is 4.25. The molecule has 0 fully saturated rings. The highest BCUT2D eigenvalue weighted by Gasteiger charge is 2.24. The average molecular weight is 292 g/mol. The number of hydrogen-bond donors (Lipinski definition) is 2. The third-order valence-corrected chi connectivity index (χ3v) is 3.51. The Morgan fingerprint density at radius 2 is 1.79 bits per heavy atom. The second kappa shape index (κ2) is 6.07. The number of halogens is 2. The zero-order valence-corrected chi connectivity index (χ0v) is 11.2. The molecule has 0 spiro atoms. The summed E-state index contributed by atoms with van der Waals surface area (Å²) in [6.45, 7) is 2.81. The molecule has 0 saturated heterocycles. The van der Waals surface area contributed by atoms with E-state index in [0.29, 0.717) is 0 Å². The van der Waals surface area contributed by atoms with Crippen LogP contribution in [0.3, 0.4) is 0 Å². The number of carbonyl (C=O) groups excluding carboxylic acids is 1. The van der Waals surface area contributed by atoms with Crippen molar-refractivity contribution in [2.75, 3.05) is 6.54 Å². The molecule has 106 valence electrons. The molecular weight excluding hydrogens is 278 g/mol. The maximum absolute atomic E-state index is 13.3. The van der Waals surface area contributed by atoms with Crippen LogP contribution in [0.25, 0.3) is 0 Å². The Balaban J connectivity index is 2.85. The molecule has 0 atom stereocenters. The fourth-order valence-corrected chi connectivity index (χ4v) is 2.46. The van der Waals surface area contributed by atoms with Gasteiger partial charge in [-0.05, 0) is 26.0 Å².